The number of guanidine groups is 4. The number of hydrogen-bond acceptors (Lipinski definition) is 12. The predicted octanol–water partition coefficient (Wildman–Crippen LogP) is 4.31. The minimum atomic E-state index is -0.616. The summed E-state index contributed by atoms with van der Waals surface area (Å²) in [5.41, 5.74) is 24.3. The number of nitrogens with two attached hydrogens (primary N) is 4. The first-order valence-corrected chi connectivity index (χ1v) is 13.9. The average molecular weight is 636 g/mol. The van der Waals surface area contributed by atoms with Gasteiger partial charge in [0, 0.05) is 11.4 Å². The molecule has 0 saturated heterocycles. The summed E-state index contributed by atoms with van der Waals surface area (Å²) in [6.45, 7) is 9.09. The Hall–Kier alpha value is -3.90. The lowest BCUT2D eigenvalue weighted by molar-refractivity contribution is 0.293. The van der Waals surface area contributed by atoms with Gasteiger partial charge in [-0.3, -0.25) is 9.80 Å². The summed E-state index contributed by atoms with van der Waals surface area (Å²) < 4.78 is 11.8. The number of nitrogens with zero attached hydrogens (tertiary/aromatic N) is 6. The van der Waals surface area contributed by atoms with Gasteiger partial charge in [-0.15, -0.1) is 24.8 Å². The highest BCUT2D eigenvalue weighted by molar-refractivity contribution is 6.06. The largest absolute Gasteiger partial charge is 0.494 e. The molecule has 0 aromatic heterocycles. The van der Waals surface area contributed by atoms with E-state index in [-0.39, 0.29) is 36.7 Å². The molecule has 0 aliphatic carbocycles. The van der Waals surface area contributed by atoms with Crippen LogP contribution in [0.5, 0.6) is 11.5 Å². The summed E-state index contributed by atoms with van der Waals surface area (Å²) in [6.07, 6.45) is 5.31. The number of anilines is 2. The predicted molar refractivity (Wildman–Crippen MR) is 181 cm³/mol. The average Bonchev–Trinajstić information content (AvgIpc) is 2.87. The zero-order valence-electron chi connectivity index (χ0n) is 25.2. The number of ether oxygens (including phenoxy) is 2. The first-order chi connectivity index (χ1) is 19.5. The summed E-state index contributed by atoms with van der Waals surface area (Å²) >= 11 is 0. The van der Waals surface area contributed by atoms with E-state index in [4.69, 9.17) is 32.4 Å². The molecular weight excluding hydrogens is 591 g/mol. The summed E-state index contributed by atoms with van der Waals surface area (Å²) in [6, 6.07) is 15.5. The van der Waals surface area contributed by atoms with Crippen molar-refractivity contribution in [2.45, 2.75) is 71.1 Å². The van der Waals surface area contributed by atoms with Gasteiger partial charge in [-0.05, 0) is 89.1 Å². The fourth-order valence-electron chi connectivity index (χ4n) is 5.00. The Balaban J connectivity index is 0.00000323. The van der Waals surface area contributed by atoms with Crippen molar-refractivity contribution < 1.29 is 9.47 Å². The van der Waals surface area contributed by atoms with Crippen LogP contribution in [0.1, 0.15) is 59.8 Å². The SMILES string of the molecule is CC1(C)N=C(N)N=C(N)N1c1ccc(OCCCCCCCOc2ccc(N3C(N)=NC(N)=NC3(C)C)cc2)cc1.Cl.Cl. The monoisotopic (exact) mass is 634 g/mol. The molecule has 0 spiro atoms. The summed E-state index contributed by atoms with van der Waals surface area (Å²) in [5, 5.41) is 0. The second-order valence-electron chi connectivity index (χ2n) is 11.0. The third-order valence-electron chi connectivity index (χ3n) is 6.80. The lowest BCUT2D eigenvalue weighted by atomic mass is 10.1. The van der Waals surface area contributed by atoms with Gasteiger partial charge in [-0.25, -0.2) is 9.98 Å². The first-order valence-electron chi connectivity index (χ1n) is 13.9. The molecule has 0 radical (unpaired) electrons. The fourth-order valence-corrected chi connectivity index (χ4v) is 5.00. The molecule has 0 unspecified atom stereocenters. The van der Waals surface area contributed by atoms with Crippen molar-refractivity contribution in [3.8, 4) is 11.5 Å². The number of aliphatic imine (C=N–C) groups is 4. The minimum Gasteiger partial charge on any atom is -0.494 e. The second-order valence-corrected chi connectivity index (χ2v) is 11.0. The maximum atomic E-state index is 6.11. The molecule has 0 amide bonds. The Labute approximate surface area is 266 Å². The molecule has 8 N–H and O–H groups in total. The molecule has 236 valence electrons. The van der Waals surface area contributed by atoms with Gasteiger partial charge in [0.1, 0.15) is 22.8 Å². The first kappa shape index (κ1) is 35.3. The van der Waals surface area contributed by atoms with Gasteiger partial charge in [-0.2, -0.15) is 9.98 Å². The van der Waals surface area contributed by atoms with E-state index in [1.165, 1.54) is 0 Å². The molecular formula is C29H44Cl2N10O2. The molecule has 12 nitrogen and oxygen atoms in total. The molecule has 14 heteroatoms. The molecule has 0 bridgehead atoms. The van der Waals surface area contributed by atoms with Crippen LogP contribution in [0.15, 0.2) is 68.5 Å². The number of halogens is 2. The summed E-state index contributed by atoms with van der Waals surface area (Å²) in [5.74, 6) is 2.64. The van der Waals surface area contributed by atoms with Crippen molar-refractivity contribution in [2.24, 2.45) is 42.9 Å². The van der Waals surface area contributed by atoms with Crippen molar-refractivity contribution in [1.29, 1.82) is 0 Å². The van der Waals surface area contributed by atoms with E-state index < -0.39 is 11.3 Å². The molecule has 0 saturated carbocycles. The molecule has 2 aliphatic rings. The van der Waals surface area contributed by atoms with E-state index in [1.807, 2.05) is 86.0 Å². The lowest BCUT2D eigenvalue weighted by Crippen LogP contribution is -2.54. The topological polar surface area (TPSA) is 178 Å². The minimum absolute atomic E-state index is 0. The molecule has 43 heavy (non-hydrogen) atoms. The van der Waals surface area contributed by atoms with Crippen LogP contribution in [0.2, 0.25) is 0 Å². The third kappa shape index (κ3) is 9.04. The Kier molecular flexibility index (Phi) is 12.3. The Morgan fingerprint density at radius 2 is 0.884 bits per heavy atom. The van der Waals surface area contributed by atoms with Crippen LogP contribution < -0.4 is 42.2 Å². The van der Waals surface area contributed by atoms with Gasteiger partial charge >= 0.3 is 0 Å². The van der Waals surface area contributed by atoms with Crippen molar-refractivity contribution in [1.82, 2.24) is 0 Å². The van der Waals surface area contributed by atoms with Crippen molar-refractivity contribution >= 4 is 60.0 Å². The summed E-state index contributed by atoms with van der Waals surface area (Å²) in [7, 11) is 0. The van der Waals surface area contributed by atoms with Gasteiger partial charge < -0.3 is 32.4 Å². The number of unbranched alkanes of at least 4 members (excludes halogenated alkanes) is 4. The highest BCUT2D eigenvalue weighted by Gasteiger charge is 2.34. The van der Waals surface area contributed by atoms with E-state index in [9.17, 15) is 0 Å². The Morgan fingerprint density at radius 3 is 1.21 bits per heavy atom. The van der Waals surface area contributed by atoms with Crippen LogP contribution >= 0.6 is 24.8 Å². The van der Waals surface area contributed by atoms with Crippen LogP contribution in [0.3, 0.4) is 0 Å². The van der Waals surface area contributed by atoms with Crippen molar-refractivity contribution in [3.63, 3.8) is 0 Å². The van der Waals surface area contributed by atoms with Gasteiger partial charge in [0.15, 0.2) is 0 Å². The number of hydrogen-bond donors (Lipinski definition) is 4. The van der Waals surface area contributed by atoms with Gasteiger partial charge in [0.2, 0.25) is 23.8 Å². The van der Waals surface area contributed by atoms with Crippen molar-refractivity contribution in [3.05, 3.63) is 48.5 Å². The van der Waals surface area contributed by atoms with Gasteiger partial charge in [-0.1, -0.05) is 19.3 Å². The van der Waals surface area contributed by atoms with E-state index in [0.717, 1.165) is 55.0 Å². The molecule has 4 rings (SSSR count). The van der Waals surface area contributed by atoms with Crippen LogP contribution in [0.25, 0.3) is 0 Å². The van der Waals surface area contributed by atoms with Crippen LogP contribution in [0.4, 0.5) is 11.4 Å². The standard InChI is InChI=1S/C29H42N10O2.2ClH/c1-28(2)36-24(30)34-26(32)38(28)20-10-14-22(15-11-20)40-18-8-6-5-7-9-19-41-23-16-12-21(13-17-23)39-27(33)35-25(31)37-29(39,3)4;;/h10-17H,5-9,18-19H2,1-4H3,(H4,30,32,34,36)(H4,31,33,35,37);2*1H. The maximum Gasteiger partial charge on any atom is 0.220 e. The van der Waals surface area contributed by atoms with Gasteiger partial charge in [0.05, 0.1) is 13.2 Å². The molecule has 2 aromatic rings. The van der Waals surface area contributed by atoms with Crippen LogP contribution in [-0.2, 0) is 0 Å². The van der Waals surface area contributed by atoms with Crippen molar-refractivity contribution in [2.75, 3.05) is 23.0 Å². The molecule has 0 fully saturated rings. The summed E-state index contributed by atoms with van der Waals surface area (Å²) in [4.78, 5) is 20.6. The van der Waals surface area contributed by atoms with E-state index >= 15 is 0 Å². The molecule has 0 atom stereocenters. The van der Waals surface area contributed by atoms with E-state index in [1.54, 1.807) is 0 Å². The van der Waals surface area contributed by atoms with E-state index in [0.29, 0.717) is 25.1 Å². The zero-order chi connectivity index (χ0) is 29.6. The second kappa shape index (κ2) is 15.0. The smallest absolute Gasteiger partial charge is 0.220 e. The fraction of sp³-hybridized carbons (Fsp3) is 0.448. The maximum absolute atomic E-state index is 6.11. The quantitative estimate of drug-likeness (QED) is 0.249. The highest BCUT2D eigenvalue weighted by Crippen LogP contribution is 2.30. The third-order valence-corrected chi connectivity index (χ3v) is 6.80. The Bertz CT molecular complexity index is 1220. The number of rotatable bonds is 12. The normalized spacial score (nSPS) is 16.9. The molecule has 2 aromatic carbocycles. The Morgan fingerprint density at radius 1 is 0.558 bits per heavy atom. The molecule has 2 heterocycles. The van der Waals surface area contributed by atoms with E-state index in [2.05, 4.69) is 20.0 Å². The zero-order valence-corrected chi connectivity index (χ0v) is 26.8. The lowest BCUT2D eigenvalue weighted by Gasteiger charge is -2.38. The number of benzene rings is 2. The highest BCUT2D eigenvalue weighted by atomic mass is 35.5. The van der Waals surface area contributed by atoms with Crippen LogP contribution in [0, 0.1) is 0 Å². The molecule has 2 aliphatic heterocycles. The van der Waals surface area contributed by atoms with Crippen LogP contribution in [-0.4, -0.2) is 48.4 Å². The van der Waals surface area contributed by atoms with Gasteiger partial charge in [0.25, 0.3) is 0 Å².